The van der Waals surface area contributed by atoms with Crippen molar-refractivity contribution in [2.75, 3.05) is 6.61 Å². The number of hydrogen-bond acceptors (Lipinski definition) is 6. The third-order valence-corrected chi connectivity index (χ3v) is 4.10. The molecule has 2 atom stereocenters. The molecule has 8 nitrogen and oxygen atoms in total. The summed E-state index contributed by atoms with van der Waals surface area (Å²) in [7, 11) is 0. The molecule has 124 valence electrons. The summed E-state index contributed by atoms with van der Waals surface area (Å²) in [6.45, 7) is 0.529. The second-order valence-electron chi connectivity index (χ2n) is 5.11. The van der Waals surface area contributed by atoms with Gasteiger partial charge in [0.05, 0.1) is 6.61 Å². The SMILES string of the molecule is N[C@@H](CC(CCCOc1ccc(I)cc1)c1nnn[nH]1)C(=O)O. The normalized spacial score (nSPS) is 13.5. The molecule has 1 unspecified atom stereocenters. The van der Waals surface area contributed by atoms with E-state index in [1.165, 1.54) is 0 Å². The van der Waals surface area contributed by atoms with E-state index in [4.69, 9.17) is 15.6 Å². The Morgan fingerprint density at radius 3 is 2.74 bits per heavy atom. The molecule has 0 spiro atoms. The summed E-state index contributed by atoms with van der Waals surface area (Å²) in [4.78, 5) is 10.9. The van der Waals surface area contributed by atoms with Gasteiger partial charge in [0.15, 0.2) is 5.82 Å². The van der Waals surface area contributed by atoms with Gasteiger partial charge in [0.1, 0.15) is 11.8 Å². The van der Waals surface area contributed by atoms with Gasteiger partial charge in [-0.1, -0.05) is 0 Å². The monoisotopic (exact) mass is 431 g/mol. The van der Waals surface area contributed by atoms with E-state index < -0.39 is 12.0 Å². The van der Waals surface area contributed by atoms with E-state index in [0.29, 0.717) is 18.9 Å². The van der Waals surface area contributed by atoms with Crippen LogP contribution in [-0.4, -0.2) is 44.3 Å². The molecule has 1 heterocycles. The van der Waals surface area contributed by atoms with Crippen LogP contribution in [0.25, 0.3) is 0 Å². The van der Waals surface area contributed by atoms with Crippen molar-refractivity contribution in [1.82, 2.24) is 20.6 Å². The minimum atomic E-state index is -1.03. The zero-order chi connectivity index (χ0) is 16.7. The van der Waals surface area contributed by atoms with Crippen LogP contribution in [0.2, 0.25) is 0 Å². The highest BCUT2D eigenvalue weighted by Gasteiger charge is 2.22. The predicted molar refractivity (Wildman–Crippen MR) is 91.0 cm³/mol. The Labute approximate surface area is 146 Å². The predicted octanol–water partition coefficient (Wildman–Crippen LogP) is 1.55. The minimum absolute atomic E-state index is 0.142. The van der Waals surface area contributed by atoms with E-state index in [-0.39, 0.29) is 12.3 Å². The van der Waals surface area contributed by atoms with E-state index in [1.807, 2.05) is 24.3 Å². The number of rotatable bonds is 9. The number of tetrazole rings is 1. The largest absolute Gasteiger partial charge is 0.494 e. The van der Waals surface area contributed by atoms with E-state index in [9.17, 15) is 4.79 Å². The molecule has 0 bridgehead atoms. The number of benzene rings is 1. The first kappa shape index (κ1) is 17.6. The number of ether oxygens (including phenoxy) is 1. The number of aliphatic carboxylic acids is 1. The summed E-state index contributed by atoms with van der Waals surface area (Å²) in [5, 5.41) is 22.6. The topological polar surface area (TPSA) is 127 Å². The van der Waals surface area contributed by atoms with Gasteiger partial charge in [0.2, 0.25) is 0 Å². The molecule has 1 aromatic heterocycles. The van der Waals surface area contributed by atoms with Gasteiger partial charge in [-0.25, -0.2) is 5.10 Å². The number of nitrogens with two attached hydrogens (primary N) is 1. The number of carboxylic acids is 1. The number of H-pyrrole nitrogens is 1. The van der Waals surface area contributed by atoms with Crippen LogP contribution in [0.15, 0.2) is 24.3 Å². The molecule has 4 N–H and O–H groups in total. The van der Waals surface area contributed by atoms with Crippen LogP contribution in [0.3, 0.4) is 0 Å². The number of nitrogens with one attached hydrogen (secondary N) is 1. The molecule has 0 saturated heterocycles. The Hall–Kier alpha value is -1.75. The summed E-state index contributed by atoms with van der Waals surface area (Å²) in [5.74, 6) is 0.190. The highest BCUT2D eigenvalue weighted by atomic mass is 127. The molecule has 0 amide bonds. The third-order valence-electron chi connectivity index (χ3n) is 3.38. The van der Waals surface area contributed by atoms with Crippen molar-refractivity contribution in [1.29, 1.82) is 0 Å². The highest BCUT2D eigenvalue weighted by Crippen LogP contribution is 2.23. The number of aromatic nitrogens is 4. The Morgan fingerprint density at radius 1 is 1.39 bits per heavy atom. The number of aromatic amines is 1. The lowest BCUT2D eigenvalue weighted by Crippen LogP contribution is -2.32. The first-order valence-corrected chi connectivity index (χ1v) is 8.24. The summed E-state index contributed by atoms with van der Waals surface area (Å²) < 4.78 is 6.82. The van der Waals surface area contributed by atoms with Crippen molar-refractivity contribution in [2.24, 2.45) is 5.73 Å². The first-order chi connectivity index (χ1) is 11.1. The second-order valence-corrected chi connectivity index (χ2v) is 6.35. The standard InChI is InChI=1S/C14H18IN5O3/c15-10-3-5-11(6-4-10)23-7-1-2-9(8-12(16)14(21)22)13-17-19-20-18-13/h3-6,9,12H,1-2,7-8,16H2,(H,21,22)(H,17,18,19,20)/t9?,12-/m0/s1. The first-order valence-electron chi connectivity index (χ1n) is 7.16. The zero-order valence-corrected chi connectivity index (χ0v) is 14.5. The number of halogens is 1. The van der Waals surface area contributed by atoms with Crippen molar-refractivity contribution < 1.29 is 14.6 Å². The van der Waals surface area contributed by atoms with Crippen molar-refractivity contribution in [3.05, 3.63) is 33.7 Å². The fraction of sp³-hybridized carbons (Fsp3) is 0.429. The van der Waals surface area contributed by atoms with Crippen LogP contribution >= 0.6 is 22.6 Å². The van der Waals surface area contributed by atoms with E-state index in [2.05, 4.69) is 43.2 Å². The van der Waals surface area contributed by atoms with Crippen molar-refractivity contribution in [2.45, 2.75) is 31.2 Å². The van der Waals surface area contributed by atoms with E-state index in [1.54, 1.807) is 0 Å². The van der Waals surface area contributed by atoms with Gasteiger partial charge < -0.3 is 15.6 Å². The van der Waals surface area contributed by atoms with Crippen LogP contribution in [0.4, 0.5) is 0 Å². The number of nitrogens with zero attached hydrogens (tertiary/aromatic N) is 3. The van der Waals surface area contributed by atoms with Crippen molar-refractivity contribution >= 4 is 28.6 Å². The maximum atomic E-state index is 10.9. The second kappa shape index (κ2) is 8.77. The molecule has 2 aromatic rings. The molecular weight excluding hydrogens is 413 g/mol. The quantitative estimate of drug-likeness (QED) is 0.406. The van der Waals surface area contributed by atoms with Crippen LogP contribution < -0.4 is 10.5 Å². The molecule has 23 heavy (non-hydrogen) atoms. The van der Waals surface area contributed by atoms with Gasteiger partial charge in [-0.2, -0.15) is 0 Å². The number of carboxylic acid groups (broad SMARTS) is 1. The van der Waals surface area contributed by atoms with Gasteiger partial charge in [-0.15, -0.1) is 5.10 Å². The van der Waals surface area contributed by atoms with Crippen molar-refractivity contribution in [3.8, 4) is 5.75 Å². The summed E-state index contributed by atoms with van der Waals surface area (Å²) >= 11 is 2.23. The highest BCUT2D eigenvalue weighted by molar-refractivity contribution is 14.1. The molecule has 2 rings (SSSR count). The molecule has 0 aliphatic carbocycles. The summed E-state index contributed by atoms with van der Waals surface area (Å²) in [6, 6.07) is 6.84. The Morgan fingerprint density at radius 2 is 2.13 bits per heavy atom. The van der Waals surface area contributed by atoms with Crippen LogP contribution in [0.5, 0.6) is 5.75 Å². The average molecular weight is 431 g/mol. The zero-order valence-electron chi connectivity index (χ0n) is 12.4. The molecule has 9 heteroatoms. The smallest absolute Gasteiger partial charge is 0.320 e. The number of carbonyl (C=O) groups is 1. The van der Waals surface area contributed by atoms with Crippen LogP contribution in [-0.2, 0) is 4.79 Å². The lowest BCUT2D eigenvalue weighted by Gasteiger charge is -2.16. The maximum absolute atomic E-state index is 10.9. The van der Waals surface area contributed by atoms with Gasteiger partial charge in [0.25, 0.3) is 0 Å². The molecule has 0 radical (unpaired) electrons. The average Bonchev–Trinajstić information content (AvgIpc) is 3.06. The Balaban J connectivity index is 1.83. The molecule has 0 fully saturated rings. The molecular formula is C14H18IN5O3. The number of hydrogen-bond donors (Lipinski definition) is 3. The van der Waals surface area contributed by atoms with Crippen LogP contribution in [0, 0.1) is 3.57 Å². The minimum Gasteiger partial charge on any atom is -0.494 e. The van der Waals surface area contributed by atoms with Gasteiger partial charge in [-0.3, -0.25) is 4.79 Å². The molecule has 0 aliphatic rings. The Kier molecular flexibility index (Phi) is 6.71. The van der Waals surface area contributed by atoms with Gasteiger partial charge >= 0.3 is 5.97 Å². The summed E-state index contributed by atoms with van der Waals surface area (Å²) in [6.07, 6.45) is 1.70. The van der Waals surface area contributed by atoms with Crippen LogP contribution in [0.1, 0.15) is 31.0 Å². The van der Waals surface area contributed by atoms with E-state index in [0.717, 1.165) is 15.7 Å². The van der Waals surface area contributed by atoms with Gasteiger partial charge in [0, 0.05) is 9.49 Å². The molecule has 1 aromatic carbocycles. The fourth-order valence-electron chi connectivity index (χ4n) is 2.16. The lowest BCUT2D eigenvalue weighted by molar-refractivity contribution is -0.138. The third kappa shape index (κ3) is 5.75. The van der Waals surface area contributed by atoms with E-state index >= 15 is 0 Å². The summed E-state index contributed by atoms with van der Waals surface area (Å²) in [5.41, 5.74) is 5.62. The molecule has 0 aliphatic heterocycles. The molecule has 0 saturated carbocycles. The van der Waals surface area contributed by atoms with Crippen molar-refractivity contribution in [3.63, 3.8) is 0 Å². The Bertz CT molecular complexity index is 605. The lowest BCUT2D eigenvalue weighted by atomic mass is 9.95. The maximum Gasteiger partial charge on any atom is 0.320 e. The van der Waals surface area contributed by atoms with Gasteiger partial charge in [-0.05, 0) is 76.5 Å². The fourth-order valence-corrected chi connectivity index (χ4v) is 2.52.